The fraction of sp³-hybridized carbons (Fsp3) is 0.125. The molecule has 2 aromatic rings. The quantitative estimate of drug-likeness (QED) is 0.648. The minimum Gasteiger partial charge on any atom is -0.384 e. The van der Waals surface area contributed by atoms with Gasteiger partial charge in [0.05, 0.1) is 4.70 Å². The predicted molar refractivity (Wildman–Crippen MR) is 48.8 cm³/mol. The van der Waals surface area contributed by atoms with E-state index in [-0.39, 0.29) is 0 Å². The van der Waals surface area contributed by atoms with Crippen molar-refractivity contribution in [3.05, 3.63) is 23.2 Å². The zero-order valence-corrected chi connectivity index (χ0v) is 6.98. The first-order valence-electron chi connectivity index (χ1n) is 3.37. The average molecular weight is 164 g/mol. The second-order valence-corrected chi connectivity index (χ2v) is 3.44. The molecule has 2 heterocycles. The minimum atomic E-state index is 0.596. The molecule has 11 heavy (non-hydrogen) atoms. The number of anilines is 1. The Bertz CT molecular complexity index is 392. The van der Waals surface area contributed by atoms with Crippen LogP contribution in [0.1, 0.15) is 5.56 Å². The van der Waals surface area contributed by atoms with E-state index in [0.29, 0.717) is 5.82 Å². The van der Waals surface area contributed by atoms with E-state index in [4.69, 9.17) is 5.73 Å². The number of hydrogen-bond acceptors (Lipinski definition) is 3. The van der Waals surface area contributed by atoms with Crippen molar-refractivity contribution in [1.29, 1.82) is 0 Å². The highest BCUT2D eigenvalue weighted by atomic mass is 32.1. The third-order valence-corrected chi connectivity index (χ3v) is 2.73. The van der Waals surface area contributed by atoms with Crippen LogP contribution in [-0.2, 0) is 0 Å². The van der Waals surface area contributed by atoms with E-state index in [1.54, 1.807) is 11.3 Å². The second-order valence-electron chi connectivity index (χ2n) is 2.52. The van der Waals surface area contributed by atoms with Crippen molar-refractivity contribution < 1.29 is 0 Å². The van der Waals surface area contributed by atoms with Crippen LogP contribution in [0.25, 0.3) is 10.1 Å². The molecule has 0 aliphatic rings. The van der Waals surface area contributed by atoms with Gasteiger partial charge in [-0.1, -0.05) is 0 Å². The van der Waals surface area contributed by atoms with Crippen LogP contribution in [0.4, 0.5) is 5.82 Å². The monoisotopic (exact) mass is 164 g/mol. The first kappa shape index (κ1) is 6.61. The minimum absolute atomic E-state index is 0.596. The van der Waals surface area contributed by atoms with Crippen molar-refractivity contribution in [2.45, 2.75) is 6.92 Å². The van der Waals surface area contributed by atoms with Crippen LogP contribution in [0.2, 0.25) is 0 Å². The Morgan fingerprint density at radius 1 is 1.55 bits per heavy atom. The van der Waals surface area contributed by atoms with E-state index in [2.05, 4.69) is 17.3 Å². The number of nitrogens with zero attached hydrogens (tertiary/aromatic N) is 1. The van der Waals surface area contributed by atoms with Crippen LogP contribution < -0.4 is 5.73 Å². The van der Waals surface area contributed by atoms with Crippen molar-refractivity contribution in [1.82, 2.24) is 4.98 Å². The number of aryl methyl sites for hydroxylation is 1. The molecule has 2 rings (SSSR count). The van der Waals surface area contributed by atoms with E-state index < -0.39 is 0 Å². The number of pyridine rings is 1. The molecule has 56 valence electrons. The van der Waals surface area contributed by atoms with E-state index in [1.807, 2.05) is 12.3 Å². The lowest BCUT2D eigenvalue weighted by Gasteiger charge is -1.92. The third kappa shape index (κ3) is 0.973. The number of hydrogen-bond donors (Lipinski definition) is 1. The number of rotatable bonds is 0. The van der Waals surface area contributed by atoms with E-state index >= 15 is 0 Å². The summed E-state index contributed by atoms with van der Waals surface area (Å²) >= 11 is 1.70. The van der Waals surface area contributed by atoms with Crippen LogP contribution in [0.5, 0.6) is 0 Å². The molecule has 0 unspecified atom stereocenters. The molecular formula is C8H8N2S. The van der Waals surface area contributed by atoms with E-state index in [9.17, 15) is 0 Å². The Morgan fingerprint density at radius 2 is 2.36 bits per heavy atom. The topological polar surface area (TPSA) is 38.9 Å². The summed E-state index contributed by atoms with van der Waals surface area (Å²) in [6, 6.07) is 1.92. The number of thiophene rings is 1. The Morgan fingerprint density at radius 3 is 3.18 bits per heavy atom. The van der Waals surface area contributed by atoms with Crippen molar-refractivity contribution in [3.63, 3.8) is 0 Å². The van der Waals surface area contributed by atoms with E-state index in [1.165, 1.54) is 15.6 Å². The SMILES string of the molecule is Cc1csc2cnc(N)cc12. The molecule has 2 aromatic heterocycles. The van der Waals surface area contributed by atoms with Crippen LogP contribution in [-0.4, -0.2) is 4.98 Å². The highest BCUT2D eigenvalue weighted by molar-refractivity contribution is 7.17. The van der Waals surface area contributed by atoms with Crippen LogP contribution >= 0.6 is 11.3 Å². The largest absolute Gasteiger partial charge is 0.384 e. The standard InChI is InChI=1S/C8H8N2S/c1-5-4-11-7-3-10-8(9)2-6(5)7/h2-4H,1H3,(H2,9,10). The van der Waals surface area contributed by atoms with Crippen molar-refractivity contribution in [2.75, 3.05) is 5.73 Å². The van der Waals surface area contributed by atoms with E-state index in [0.717, 1.165) is 0 Å². The molecular weight excluding hydrogens is 156 g/mol. The molecule has 0 aliphatic carbocycles. The zero-order chi connectivity index (χ0) is 7.84. The molecule has 0 radical (unpaired) electrons. The molecule has 0 aromatic carbocycles. The fourth-order valence-electron chi connectivity index (χ4n) is 1.08. The van der Waals surface area contributed by atoms with Gasteiger partial charge in [0.1, 0.15) is 5.82 Å². The van der Waals surface area contributed by atoms with Crippen molar-refractivity contribution >= 4 is 27.2 Å². The van der Waals surface area contributed by atoms with Crippen molar-refractivity contribution in [2.24, 2.45) is 0 Å². The molecule has 0 amide bonds. The maximum atomic E-state index is 5.55. The molecule has 0 bridgehead atoms. The normalized spacial score (nSPS) is 10.6. The summed E-state index contributed by atoms with van der Waals surface area (Å²) in [5.41, 5.74) is 6.82. The molecule has 3 heteroatoms. The summed E-state index contributed by atoms with van der Waals surface area (Å²) in [4.78, 5) is 4.01. The lowest BCUT2D eigenvalue weighted by atomic mass is 10.2. The Labute approximate surface area is 68.7 Å². The average Bonchev–Trinajstić information content (AvgIpc) is 2.33. The zero-order valence-electron chi connectivity index (χ0n) is 6.16. The molecule has 0 saturated heterocycles. The van der Waals surface area contributed by atoms with Crippen LogP contribution in [0.15, 0.2) is 17.6 Å². The van der Waals surface area contributed by atoms with Crippen LogP contribution in [0.3, 0.4) is 0 Å². The lowest BCUT2D eigenvalue weighted by Crippen LogP contribution is -1.87. The summed E-state index contributed by atoms with van der Waals surface area (Å²) < 4.78 is 1.21. The number of aromatic nitrogens is 1. The van der Waals surface area contributed by atoms with Gasteiger partial charge in [-0.15, -0.1) is 11.3 Å². The molecule has 2 N–H and O–H groups in total. The third-order valence-electron chi connectivity index (χ3n) is 1.68. The van der Waals surface area contributed by atoms with Crippen LogP contribution in [0, 0.1) is 6.92 Å². The van der Waals surface area contributed by atoms with Gasteiger partial charge in [0.25, 0.3) is 0 Å². The summed E-state index contributed by atoms with van der Waals surface area (Å²) in [6.45, 7) is 2.08. The van der Waals surface area contributed by atoms with Gasteiger partial charge in [-0.3, -0.25) is 0 Å². The predicted octanol–water partition coefficient (Wildman–Crippen LogP) is 2.19. The molecule has 0 atom stereocenters. The second kappa shape index (κ2) is 2.20. The summed E-state index contributed by atoms with van der Waals surface area (Å²) in [7, 11) is 0. The maximum absolute atomic E-state index is 5.55. The van der Waals surface area contributed by atoms with Gasteiger partial charge in [0.15, 0.2) is 0 Å². The molecule has 2 nitrogen and oxygen atoms in total. The summed E-state index contributed by atoms with van der Waals surface area (Å²) in [6.07, 6.45) is 1.82. The summed E-state index contributed by atoms with van der Waals surface area (Å²) in [5, 5.41) is 3.34. The van der Waals surface area contributed by atoms with Gasteiger partial charge < -0.3 is 5.73 Å². The Balaban J connectivity index is 2.87. The van der Waals surface area contributed by atoms with Gasteiger partial charge in [-0.2, -0.15) is 0 Å². The molecule has 0 fully saturated rings. The first-order chi connectivity index (χ1) is 5.27. The highest BCUT2D eigenvalue weighted by Crippen LogP contribution is 2.25. The van der Waals surface area contributed by atoms with Gasteiger partial charge in [0, 0.05) is 11.6 Å². The highest BCUT2D eigenvalue weighted by Gasteiger charge is 1.99. The molecule has 0 aliphatic heterocycles. The van der Waals surface area contributed by atoms with Gasteiger partial charge in [-0.25, -0.2) is 4.98 Å². The Hall–Kier alpha value is -1.09. The van der Waals surface area contributed by atoms with Gasteiger partial charge in [-0.05, 0) is 23.9 Å². The molecule has 0 spiro atoms. The maximum Gasteiger partial charge on any atom is 0.123 e. The summed E-state index contributed by atoms with van der Waals surface area (Å²) in [5.74, 6) is 0.596. The Kier molecular flexibility index (Phi) is 1.32. The number of nitrogen functional groups attached to an aromatic ring is 1. The van der Waals surface area contributed by atoms with Gasteiger partial charge >= 0.3 is 0 Å². The van der Waals surface area contributed by atoms with Crippen molar-refractivity contribution in [3.8, 4) is 0 Å². The number of nitrogens with two attached hydrogens (primary N) is 1. The molecule has 0 saturated carbocycles. The first-order valence-corrected chi connectivity index (χ1v) is 4.24. The lowest BCUT2D eigenvalue weighted by molar-refractivity contribution is 1.37. The smallest absolute Gasteiger partial charge is 0.123 e. The van der Waals surface area contributed by atoms with Gasteiger partial charge in [0.2, 0.25) is 0 Å². The number of fused-ring (bicyclic) bond motifs is 1. The fourth-order valence-corrected chi connectivity index (χ4v) is 1.97.